The van der Waals surface area contributed by atoms with Gasteiger partial charge in [-0.3, -0.25) is 4.79 Å². The summed E-state index contributed by atoms with van der Waals surface area (Å²) in [5, 5.41) is 17.6. The van der Waals surface area contributed by atoms with E-state index in [9.17, 15) is 4.79 Å². The first-order chi connectivity index (χ1) is 15.4. The van der Waals surface area contributed by atoms with E-state index in [2.05, 4.69) is 15.3 Å². The number of aliphatic hydroxyl groups is 1. The quantitative estimate of drug-likeness (QED) is 0.608. The number of nitrogens with zero attached hydrogens (tertiary/aromatic N) is 7. The third kappa shape index (κ3) is 4.89. The molecule has 4 rings (SSSR count). The summed E-state index contributed by atoms with van der Waals surface area (Å²) in [5.41, 5.74) is 3.33. The molecule has 9 nitrogen and oxygen atoms in total. The molecular formula is C22H26ClN7O2. The molecule has 10 heteroatoms. The highest BCUT2D eigenvalue weighted by Crippen LogP contribution is 2.34. The molecule has 0 unspecified atom stereocenters. The number of aliphatic hydroxyl groups excluding tert-OH is 1. The number of carbonyl (C=O) groups is 1. The smallest absolute Gasteiger partial charge is 0.244 e. The lowest BCUT2D eigenvalue weighted by atomic mass is 9.90. The fourth-order valence-electron chi connectivity index (χ4n) is 3.92. The van der Waals surface area contributed by atoms with Crippen LogP contribution in [0.3, 0.4) is 0 Å². The maximum absolute atomic E-state index is 12.9. The van der Waals surface area contributed by atoms with Crippen molar-refractivity contribution in [3.05, 3.63) is 53.1 Å². The van der Waals surface area contributed by atoms with E-state index in [0.29, 0.717) is 29.8 Å². The SMILES string of the molecule is CN(C)c1ncc(-c2ccc(Cl)cc2)c([C@H]2CCCN(C(=O)Cn3cc(CO)nn3)C2)n1. The van der Waals surface area contributed by atoms with Crippen LogP contribution in [0, 0.1) is 0 Å². The minimum Gasteiger partial charge on any atom is -0.390 e. The summed E-state index contributed by atoms with van der Waals surface area (Å²) in [7, 11) is 3.83. The molecule has 0 saturated carbocycles. The number of piperidine rings is 1. The van der Waals surface area contributed by atoms with Gasteiger partial charge in [-0.15, -0.1) is 5.10 Å². The molecule has 1 aromatic carbocycles. The van der Waals surface area contributed by atoms with E-state index >= 15 is 0 Å². The third-order valence-corrected chi connectivity index (χ3v) is 5.82. The van der Waals surface area contributed by atoms with Crippen molar-refractivity contribution in [3.8, 4) is 11.1 Å². The highest BCUT2D eigenvalue weighted by Gasteiger charge is 2.28. The van der Waals surface area contributed by atoms with Crippen LogP contribution in [0.15, 0.2) is 36.7 Å². The Morgan fingerprint density at radius 2 is 2.06 bits per heavy atom. The molecule has 1 aliphatic rings. The normalized spacial score (nSPS) is 16.2. The average molecular weight is 456 g/mol. The maximum atomic E-state index is 12.9. The zero-order chi connectivity index (χ0) is 22.7. The number of likely N-dealkylation sites (tertiary alicyclic amines) is 1. The predicted molar refractivity (Wildman–Crippen MR) is 121 cm³/mol. The van der Waals surface area contributed by atoms with E-state index in [1.807, 2.05) is 54.4 Å². The number of hydrogen-bond acceptors (Lipinski definition) is 7. The Kier molecular flexibility index (Phi) is 6.66. The van der Waals surface area contributed by atoms with Gasteiger partial charge in [0, 0.05) is 49.9 Å². The molecule has 1 saturated heterocycles. The lowest BCUT2D eigenvalue weighted by Crippen LogP contribution is -2.41. The fourth-order valence-corrected chi connectivity index (χ4v) is 4.04. The van der Waals surface area contributed by atoms with Crippen molar-refractivity contribution >= 4 is 23.5 Å². The Morgan fingerprint density at radius 1 is 1.28 bits per heavy atom. The van der Waals surface area contributed by atoms with Crippen LogP contribution in [0.25, 0.3) is 11.1 Å². The Bertz CT molecular complexity index is 1080. The summed E-state index contributed by atoms with van der Waals surface area (Å²) in [4.78, 5) is 26.1. The number of carbonyl (C=O) groups excluding carboxylic acids is 1. The Labute approximate surface area is 191 Å². The van der Waals surface area contributed by atoms with E-state index in [1.165, 1.54) is 4.68 Å². The summed E-state index contributed by atoms with van der Waals surface area (Å²) in [6.45, 7) is 1.16. The van der Waals surface area contributed by atoms with Gasteiger partial charge < -0.3 is 14.9 Å². The van der Waals surface area contributed by atoms with E-state index in [-0.39, 0.29) is 25.0 Å². The van der Waals surface area contributed by atoms with Crippen molar-refractivity contribution in [2.45, 2.75) is 31.9 Å². The molecule has 0 spiro atoms. The van der Waals surface area contributed by atoms with Gasteiger partial charge in [0.2, 0.25) is 11.9 Å². The van der Waals surface area contributed by atoms with Gasteiger partial charge in [0.15, 0.2) is 0 Å². The van der Waals surface area contributed by atoms with Crippen molar-refractivity contribution < 1.29 is 9.90 Å². The summed E-state index contributed by atoms with van der Waals surface area (Å²) in [6, 6.07) is 7.65. The summed E-state index contributed by atoms with van der Waals surface area (Å²) < 4.78 is 1.46. The molecular weight excluding hydrogens is 430 g/mol. The molecule has 168 valence electrons. The van der Waals surface area contributed by atoms with E-state index in [4.69, 9.17) is 21.7 Å². The Balaban J connectivity index is 1.59. The lowest BCUT2D eigenvalue weighted by Gasteiger charge is -2.33. The highest BCUT2D eigenvalue weighted by molar-refractivity contribution is 6.30. The fraction of sp³-hybridized carbons (Fsp3) is 0.409. The molecule has 0 bridgehead atoms. The number of benzene rings is 1. The molecule has 3 heterocycles. The van der Waals surface area contributed by atoms with Crippen molar-refractivity contribution in [1.29, 1.82) is 0 Å². The molecule has 1 amide bonds. The molecule has 2 aromatic heterocycles. The second-order valence-corrected chi connectivity index (χ2v) is 8.55. The standard InChI is InChI=1S/C22H26ClN7O2/c1-28(2)22-24-10-19(15-5-7-17(23)8-6-15)21(25-22)16-4-3-9-29(11-16)20(32)13-30-12-18(14-31)26-27-30/h5-8,10,12,16,31H,3-4,9,11,13-14H2,1-2H3/t16-/m0/s1. The number of hydrogen-bond donors (Lipinski definition) is 1. The zero-order valence-corrected chi connectivity index (χ0v) is 18.9. The van der Waals surface area contributed by atoms with E-state index in [0.717, 1.165) is 29.7 Å². The van der Waals surface area contributed by atoms with Crippen LogP contribution in [0.1, 0.15) is 30.1 Å². The monoisotopic (exact) mass is 455 g/mol. The van der Waals surface area contributed by atoms with Crippen molar-refractivity contribution in [2.24, 2.45) is 0 Å². The van der Waals surface area contributed by atoms with Crippen LogP contribution in [-0.2, 0) is 17.9 Å². The first-order valence-corrected chi connectivity index (χ1v) is 10.9. The molecule has 1 aliphatic heterocycles. The van der Waals surface area contributed by atoms with Crippen LogP contribution in [0.5, 0.6) is 0 Å². The van der Waals surface area contributed by atoms with Gasteiger partial charge in [0.05, 0.1) is 18.5 Å². The topological polar surface area (TPSA) is 100 Å². The summed E-state index contributed by atoms with van der Waals surface area (Å²) in [5.74, 6) is 0.697. The average Bonchev–Trinajstić information content (AvgIpc) is 3.27. The number of anilines is 1. The first kappa shape index (κ1) is 22.2. The van der Waals surface area contributed by atoms with Gasteiger partial charge in [-0.1, -0.05) is 28.9 Å². The second kappa shape index (κ2) is 9.62. The largest absolute Gasteiger partial charge is 0.390 e. The van der Waals surface area contributed by atoms with E-state index < -0.39 is 0 Å². The third-order valence-electron chi connectivity index (χ3n) is 5.57. The molecule has 1 fully saturated rings. The summed E-state index contributed by atoms with van der Waals surface area (Å²) in [6.07, 6.45) is 5.27. The molecule has 1 atom stereocenters. The number of rotatable bonds is 6. The molecule has 3 aromatic rings. The predicted octanol–water partition coefficient (Wildman–Crippen LogP) is 2.35. The minimum atomic E-state index is -0.199. The Hall–Kier alpha value is -3.04. The van der Waals surface area contributed by atoms with E-state index in [1.54, 1.807) is 6.20 Å². The maximum Gasteiger partial charge on any atom is 0.244 e. The van der Waals surface area contributed by atoms with Gasteiger partial charge >= 0.3 is 0 Å². The number of amides is 1. The first-order valence-electron chi connectivity index (χ1n) is 10.5. The van der Waals surface area contributed by atoms with Crippen LogP contribution in [0.4, 0.5) is 5.95 Å². The van der Waals surface area contributed by atoms with Crippen molar-refractivity contribution in [1.82, 2.24) is 29.9 Å². The minimum absolute atomic E-state index is 0.0287. The second-order valence-electron chi connectivity index (χ2n) is 8.11. The Morgan fingerprint density at radius 3 is 2.75 bits per heavy atom. The zero-order valence-electron chi connectivity index (χ0n) is 18.1. The summed E-state index contributed by atoms with van der Waals surface area (Å²) >= 11 is 6.08. The van der Waals surface area contributed by atoms with Gasteiger partial charge in [-0.25, -0.2) is 14.6 Å². The van der Waals surface area contributed by atoms with Gasteiger partial charge in [-0.05, 0) is 30.5 Å². The van der Waals surface area contributed by atoms with Crippen LogP contribution < -0.4 is 4.90 Å². The van der Waals surface area contributed by atoms with Crippen molar-refractivity contribution in [2.75, 3.05) is 32.1 Å². The molecule has 0 radical (unpaired) electrons. The number of halogens is 1. The molecule has 0 aliphatic carbocycles. The van der Waals surface area contributed by atoms with Gasteiger partial charge in [0.25, 0.3) is 0 Å². The van der Waals surface area contributed by atoms with Crippen LogP contribution in [0.2, 0.25) is 5.02 Å². The van der Waals surface area contributed by atoms with Gasteiger partial charge in [0.1, 0.15) is 12.2 Å². The highest BCUT2D eigenvalue weighted by atomic mass is 35.5. The number of aromatic nitrogens is 5. The van der Waals surface area contributed by atoms with Gasteiger partial charge in [-0.2, -0.15) is 0 Å². The lowest BCUT2D eigenvalue weighted by molar-refractivity contribution is -0.133. The van der Waals surface area contributed by atoms with Crippen molar-refractivity contribution in [3.63, 3.8) is 0 Å². The van der Waals surface area contributed by atoms with Crippen LogP contribution in [-0.4, -0.2) is 68.1 Å². The molecule has 1 N–H and O–H groups in total. The molecule has 32 heavy (non-hydrogen) atoms. The van der Waals surface area contributed by atoms with Crippen LogP contribution >= 0.6 is 11.6 Å².